The highest BCUT2D eigenvalue weighted by molar-refractivity contribution is 9.10. The molecular weight excluding hydrogens is 500 g/mol. The number of nitro groups is 1. The molecule has 0 atom stereocenters. The van der Waals surface area contributed by atoms with E-state index in [1.54, 1.807) is 30.3 Å². The van der Waals surface area contributed by atoms with Crippen molar-refractivity contribution in [2.75, 3.05) is 13.2 Å². The van der Waals surface area contributed by atoms with Gasteiger partial charge in [-0.25, -0.2) is 0 Å². The lowest BCUT2D eigenvalue weighted by molar-refractivity contribution is -0.384. The summed E-state index contributed by atoms with van der Waals surface area (Å²) in [6, 6.07) is 9.47. The minimum Gasteiger partial charge on any atom is -0.490 e. The molecule has 164 valence electrons. The van der Waals surface area contributed by atoms with E-state index in [1.165, 1.54) is 12.1 Å². The van der Waals surface area contributed by atoms with E-state index in [9.17, 15) is 19.7 Å². The molecular formula is C22H17BrN2O6S. The molecule has 0 unspecified atom stereocenters. The van der Waals surface area contributed by atoms with E-state index in [4.69, 9.17) is 15.9 Å². The Bertz CT molecular complexity index is 1140. The number of thioether (sulfide) groups is 1. The third-order valence-electron chi connectivity index (χ3n) is 4.31. The summed E-state index contributed by atoms with van der Waals surface area (Å²) in [6.07, 6.45) is 6.81. The summed E-state index contributed by atoms with van der Waals surface area (Å²) in [5.74, 6) is 2.76. The van der Waals surface area contributed by atoms with Crippen LogP contribution in [0.25, 0.3) is 6.08 Å². The van der Waals surface area contributed by atoms with Gasteiger partial charge in [-0.3, -0.25) is 24.6 Å². The van der Waals surface area contributed by atoms with Crippen LogP contribution in [0.1, 0.15) is 18.1 Å². The van der Waals surface area contributed by atoms with Crippen LogP contribution < -0.4 is 9.47 Å². The molecule has 0 N–H and O–H groups in total. The fourth-order valence-electron chi connectivity index (χ4n) is 2.79. The topological polar surface area (TPSA) is 99.0 Å². The van der Waals surface area contributed by atoms with Gasteiger partial charge >= 0.3 is 0 Å². The molecule has 1 heterocycles. The average molecular weight is 517 g/mol. The van der Waals surface area contributed by atoms with Crippen molar-refractivity contribution in [2.45, 2.75) is 13.5 Å². The molecule has 1 saturated heterocycles. The molecule has 1 aliphatic heterocycles. The minimum atomic E-state index is -0.463. The number of hydrogen-bond acceptors (Lipinski definition) is 7. The van der Waals surface area contributed by atoms with E-state index in [0.29, 0.717) is 28.1 Å². The molecule has 2 aromatic carbocycles. The van der Waals surface area contributed by atoms with Gasteiger partial charge in [-0.05, 0) is 60.2 Å². The van der Waals surface area contributed by atoms with Crippen LogP contribution in [0.4, 0.5) is 10.5 Å². The number of ether oxygens (including phenoxy) is 2. The van der Waals surface area contributed by atoms with Gasteiger partial charge in [0.05, 0.1) is 23.0 Å². The molecule has 0 bridgehead atoms. The molecule has 2 aromatic rings. The first-order valence-electron chi connectivity index (χ1n) is 9.35. The van der Waals surface area contributed by atoms with Crippen molar-refractivity contribution in [2.24, 2.45) is 0 Å². The molecule has 8 nitrogen and oxygen atoms in total. The molecule has 0 saturated carbocycles. The maximum atomic E-state index is 12.4. The average Bonchev–Trinajstić information content (AvgIpc) is 3.03. The number of benzene rings is 2. The molecule has 0 aliphatic carbocycles. The maximum absolute atomic E-state index is 12.4. The number of halogens is 1. The molecule has 2 amide bonds. The molecule has 0 aromatic heterocycles. The molecule has 10 heteroatoms. The van der Waals surface area contributed by atoms with Crippen LogP contribution in [0, 0.1) is 22.5 Å². The van der Waals surface area contributed by atoms with Gasteiger partial charge in [0.25, 0.3) is 16.8 Å². The van der Waals surface area contributed by atoms with Crippen LogP contribution in [-0.2, 0) is 11.4 Å². The van der Waals surface area contributed by atoms with Gasteiger partial charge in [0.1, 0.15) is 6.61 Å². The minimum absolute atomic E-state index is 0.00232. The van der Waals surface area contributed by atoms with E-state index in [2.05, 4.69) is 21.9 Å². The number of amides is 2. The Labute approximate surface area is 196 Å². The predicted octanol–water partition coefficient (Wildman–Crippen LogP) is 5.00. The van der Waals surface area contributed by atoms with Crippen molar-refractivity contribution in [3.8, 4) is 23.8 Å². The summed E-state index contributed by atoms with van der Waals surface area (Å²) in [5.41, 5.74) is 1.38. The standard InChI is InChI=1S/C22H17BrN2O6S/c1-3-9-24-21(26)20(32-22(24)27)11-15-10-18(30-4-2)19(12-17(15)23)31-13-14-5-7-16(8-6-14)25(28)29/h1,5-8,10-12H,4,9,13H2,2H3/b20-11+. The molecule has 3 rings (SSSR count). The van der Waals surface area contributed by atoms with Gasteiger partial charge < -0.3 is 9.47 Å². The number of nitrogens with zero attached hydrogens (tertiary/aromatic N) is 2. The summed E-state index contributed by atoms with van der Waals surface area (Å²) in [5, 5.41) is 10.4. The lowest BCUT2D eigenvalue weighted by Crippen LogP contribution is -2.28. The Morgan fingerprint density at radius 3 is 2.53 bits per heavy atom. The first-order valence-corrected chi connectivity index (χ1v) is 11.0. The monoisotopic (exact) mass is 516 g/mol. The summed E-state index contributed by atoms with van der Waals surface area (Å²) < 4.78 is 12.2. The zero-order valence-electron chi connectivity index (χ0n) is 16.9. The van der Waals surface area contributed by atoms with Gasteiger partial charge in [-0.15, -0.1) is 6.42 Å². The fraction of sp³-hybridized carbons (Fsp3) is 0.182. The molecule has 1 fully saturated rings. The normalized spacial score (nSPS) is 14.5. The van der Waals surface area contributed by atoms with Crippen LogP contribution in [-0.4, -0.2) is 34.1 Å². The van der Waals surface area contributed by atoms with Gasteiger partial charge in [-0.1, -0.05) is 21.9 Å². The fourth-order valence-corrected chi connectivity index (χ4v) is 4.05. The highest BCUT2D eigenvalue weighted by atomic mass is 79.9. The Morgan fingerprint density at radius 2 is 1.91 bits per heavy atom. The van der Waals surface area contributed by atoms with Gasteiger partial charge in [0.15, 0.2) is 11.5 Å². The zero-order chi connectivity index (χ0) is 23.3. The molecule has 0 spiro atoms. The van der Waals surface area contributed by atoms with Crippen molar-refractivity contribution < 1.29 is 24.0 Å². The first kappa shape index (κ1) is 23.4. The maximum Gasteiger partial charge on any atom is 0.294 e. The van der Waals surface area contributed by atoms with E-state index in [1.807, 2.05) is 6.92 Å². The zero-order valence-corrected chi connectivity index (χ0v) is 19.3. The third-order valence-corrected chi connectivity index (χ3v) is 5.91. The number of nitro benzene ring substituents is 1. The van der Waals surface area contributed by atoms with Gasteiger partial charge in [-0.2, -0.15) is 0 Å². The van der Waals surface area contributed by atoms with Crippen molar-refractivity contribution in [1.29, 1.82) is 0 Å². The number of non-ortho nitro benzene ring substituents is 1. The van der Waals surface area contributed by atoms with Crippen molar-refractivity contribution in [1.82, 2.24) is 4.90 Å². The van der Waals surface area contributed by atoms with E-state index < -0.39 is 16.1 Å². The molecule has 0 radical (unpaired) electrons. The van der Waals surface area contributed by atoms with Crippen LogP contribution in [0.5, 0.6) is 11.5 Å². The third kappa shape index (κ3) is 5.30. The number of carbonyl (C=O) groups excluding carboxylic acids is 2. The Balaban J connectivity index is 1.83. The smallest absolute Gasteiger partial charge is 0.294 e. The number of hydrogen-bond donors (Lipinski definition) is 0. The van der Waals surface area contributed by atoms with Crippen LogP contribution in [0.3, 0.4) is 0 Å². The largest absolute Gasteiger partial charge is 0.490 e. The highest BCUT2D eigenvalue weighted by Crippen LogP contribution is 2.38. The quantitative estimate of drug-likeness (QED) is 0.210. The van der Waals surface area contributed by atoms with Gasteiger partial charge in [0, 0.05) is 16.6 Å². The Hall–Kier alpha value is -3.29. The van der Waals surface area contributed by atoms with Gasteiger partial charge in [0.2, 0.25) is 0 Å². The van der Waals surface area contributed by atoms with Crippen LogP contribution >= 0.6 is 27.7 Å². The SMILES string of the molecule is C#CCN1C(=O)S/C(=C/c2cc(OCC)c(OCc3ccc([N+](=O)[O-])cc3)cc2Br)C1=O. The number of terminal acetylenes is 1. The lowest BCUT2D eigenvalue weighted by Gasteiger charge is -2.14. The number of rotatable bonds is 8. The van der Waals surface area contributed by atoms with E-state index >= 15 is 0 Å². The highest BCUT2D eigenvalue weighted by Gasteiger charge is 2.34. The van der Waals surface area contributed by atoms with Crippen molar-refractivity contribution in [3.05, 3.63) is 67.0 Å². The number of carbonyl (C=O) groups is 2. The lowest BCUT2D eigenvalue weighted by atomic mass is 10.1. The van der Waals surface area contributed by atoms with Crippen molar-refractivity contribution >= 4 is 50.6 Å². The summed E-state index contributed by atoms with van der Waals surface area (Å²) in [7, 11) is 0. The van der Waals surface area contributed by atoms with Crippen molar-refractivity contribution in [3.63, 3.8) is 0 Å². The number of imide groups is 1. The second kappa shape index (κ2) is 10.3. The summed E-state index contributed by atoms with van der Waals surface area (Å²) in [6.45, 7) is 2.30. The van der Waals surface area contributed by atoms with Crippen LogP contribution in [0.2, 0.25) is 0 Å². The second-order valence-electron chi connectivity index (χ2n) is 6.44. The molecule has 1 aliphatic rings. The molecule has 32 heavy (non-hydrogen) atoms. The first-order chi connectivity index (χ1) is 15.3. The second-order valence-corrected chi connectivity index (χ2v) is 8.29. The van der Waals surface area contributed by atoms with E-state index in [-0.39, 0.29) is 23.7 Å². The Kier molecular flexibility index (Phi) is 7.56. The predicted molar refractivity (Wildman–Crippen MR) is 124 cm³/mol. The summed E-state index contributed by atoms with van der Waals surface area (Å²) >= 11 is 4.29. The summed E-state index contributed by atoms with van der Waals surface area (Å²) in [4.78, 5) is 36.0. The van der Waals surface area contributed by atoms with E-state index in [0.717, 1.165) is 22.2 Å². The Morgan fingerprint density at radius 1 is 1.22 bits per heavy atom. The van der Waals surface area contributed by atoms with Crippen LogP contribution in [0.15, 0.2) is 45.8 Å².